The second kappa shape index (κ2) is 8.79. The molecule has 0 spiro atoms. The zero-order valence-electron chi connectivity index (χ0n) is 16.0. The van der Waals surface area contributed by atoms with E-state index in [1.807, 2.05) is 12.1 Å². The summed E-state index contributed by atoms with van der Waals surface area (Å²) in [5.74, 6) is -0.504. The summed E-state index contributed by atoms with van der Waals surface area (Å²) < 4.78 is 0. The maximum atomic E-state index is 12.5. The summed E-state index contributed by atoms with van der Waals surface area (Å²) in [5, 5.41) is 8.66. The molecule has 7 heteroatoms. The van der Waals surface area contributed by atoms with Gasteiger partial charge in [0, 0.05) is 35.7 Å². The molecule has 0 aliphatic heterocycles. The third-order valence-electron chi connectivity index (χ3n) is 4.02. The third kappa shape index (κ3) is 5.49. The van der Waals surface area contributed by atoms with Crippen LogP contribution in [0.3, 0.4) is 0 Å². The Hall–Kier alpha value is -4.00. The highest BCUT2D eigenvalue weighted by atomic mass is 16.2. The van der Waals surface area contributed by atoms with Gasteiger partial charge in [0.1, 0.15) is 0 Å². The first kappa shape index (κ1) is 19.8. The topological polar surface area (TPSA) is 100 Å². The molecule has 0 bridgehead atoms. The molecule has 146 valence electrons. The molecule has 0 saturated carbocycles. The van der Waals surface area contributed by atoms with Crippen LogP contribution in [0.25, 0.3) is 0 Å². The van der Waals surface area contributed by atoms with Crippen molar-refractivity contribution in [1.82, 2.24) is 4.98 Å². The van der Waals surface area contributed by atoms with Crippen molar-refractivity contribution in [3.05, 3.63) is 78.1 Å². The zero-order valence-corrected chi connectivity index (χ0v) is 16.0. The van der Waals surface area contributed by atoms with Crippen LogP contribution in [-0.2, 0) is 4.79 Å². The number of anilines is 4. The van der Waals surface area contributed by atoms with Crippen LogP contribution < -0.4 is 16.0 Å². The van der Waals surface area contributed by atoms with E-state index in [1.165, 1.54) is 20.0 Å². The van der Waals surface area contributed by atoms with Crippen LogP contribution in [0.15, 0.2) is 67.0 Å². The highest BCUT2D eigenvalue weighted by Crippen LogP contribution is 2.21. The molecule has 0 saturated heterocycles. The summed E-state index contributed by atoms with van der Waals surface area (Å²) >= 11 is 0. The first-order valence-electron chi connectivity index (χ1n) is 8.93. The van der Waals surface area contributed by atoms with E-state index in [4.69, 9.17) is 0 Å². The van der Waals surface area contributed by atoms with Gasteiger partial charge in [-0.15, -0.1) is 0 Å². The van der Waals surface area contributed by atoms with Crippen molar-refractivity contribution in [3.63, 3.8) is 0 Å². The fourth-order valence-electron chi connectivity index (χ4n) is 2.67. The van der Waals surface area contributed by atoms with Crippen molar-refractivity contribution < 1.29 is 14.4 Å². The quantitative estimate of drug-likeness (QED) is 0.549. The SMILES string of the molecule is CC(=O)Nc1cccc(Nc2cncc(C(=O)Nc3ccc(C(C)=O)cc3)c2)c1. The van der Waals surface area contributed by atoms with E-state index in [2.05, 4.69) is 20.9 Å². The zero-order chi connectivity index (χ0) is 20.8. The van der Waals surface area contributed by atoms with Gasteiger partial charge < -0.3 is 16.0 Å². The van der Waals surface area contributed by atoms with Crippen LogP contribution in [0.1, 0.15) is 34.6 Å². The number of benzene rings is 2. The molecule has 29 heavy (non-hydrogen) atoms. The summed E-state index contributed by atoms with van der Waals surface area (Å²) in [6.07, 6.45) is 3.07. The Balaban J connectivity index is 1.71. The number of rotatable bonds is 6. The predicted octanol–water partition coefficient (Wildman–Crippen LogP) is 4.24. The van der Waals surface area contributed by atoms with E-state index < -0.39 is 0 Å². The van der Waals surface area contributed by atoms with Gasteiger partial charge >= 0.3 is 0 Å². The van der Waals surface area contributed by atoms with Crippen molar-refractivity contribution in [2.24, 2.45) is 0 Å². The Morgan fingerprint density at radius 1 is 0.724 bits per heavy atom. The van der Waals surface area contributed by atoms with Gasteiger partial charge in [0.05, 0.1) is 17.4 Å². The number of carbonyl (C=O) groups is 3. The third-order valence-corrected chi connectivity index (χ3v) is 4.02. The van der Waals surface area contributed by atoms with Crippen LogP contribution >= 0.6 is 0 Å². The van der Waals surface area contributed by atoms with Crippen molar-refractivity contribution in [1.29, 1.82) is 0 Å². The first-order valence-corrected chi connectivity index (χ1v) is 8.93. The lowest BCUT2D eigenvalue weighted by molar-refractivity contribution is -0.114. The van der Waals surface area contributed by atoms with Crippen molar-refractivity contribution in [2.75, 3.05) is 16.0 Å². The van der Waals surface area contributed by atoms with Gasteiger partial charge in [-0.05, 0) is 55.5 Å². The second-order valence-corrected chi connectivity index (χ2v) is 6.44. The van der Waals surface area contributed by atoms with Crippen molar-refractivity contribution in [2.45, 2.75) is 13.8 Å². The number of nitrogens with one attached hydrogen (secondary N) is 3. The number of ketones is 1. The maximum absolute atomic E-state index is 12.5. The number of pyridine rings is 1. The number of aromatic nitrogens is 1. The largest absolute Gasteiger partial charge is 0.354 e. The minimum atomic E-state index is -0.316. The van der Waals surface area contributed by atoms with Gasteiger partial charge in [0.25, 0.3) is 5.91 Å². The van der Waals surface area contributed by atoms with Gasteiger partial charge in [-0.2, -0.15) is 0 Å². The highest BCUT2D eigenvalue weighted by Gasteiger charge is 2.09. The predicted molar refractivity (Wildman–Crippen MR) is 113 cm³/mol. The fraction of sp³-hybridized carbons (Fsp3) is 0.0909. The molecule has 3 rings (SSSR count). The summed E-state index contributed by atoms with van der Waals surface area (Å²) in [6.45, 7) is 2.93. The molecule has 2 amide bonds. The number of nitrogens with zero attached hydrogens (tertiary/aromatic N) is 1. The molecule has 1 aromatic heterocycles. The number of hydrogen-bond donors (Lipinski definition) is 3. The summed E-state index contributed by atoms with van der Waals surface area (Å²) in [4.78, 5) is 39.2. The lowest BCUT2D eigenvalue weighted by Crippen LogP contribution is -2.12. The molecular formula is C22H20N4O3. The normalized spacial score (nSPS) is 10.1. The van der Waals surface area contributed by atoms with Crippen LogP contribution in [0, 0.1) is 0 Å². The van der Waals surface area contributed by atoms with E-state index in [-0.39, 0.29) is 17.6 Å². The number of Topliss-reactive ketones (excluding diaryl/α,β-unsaturated/α-hetero) is 1. The van der Waals surface area contributed by atoms with Crippen LogP contribution in [0.5, 0.6) is 0 Å². The molecule has 2 aromatic carbocycles. The molecule has 0 aliphatic rings. The highest BCUT2D eigenvalue weighted by molar-refractivity contribution is 6.05. The molecule has 0 atom stereocenters. The Morgan fingerprint density at radius 2 is 1.45 bits per heavy atom. The average molecular weight is 388 g/mol. The molecule has 7 nitrogen and oxygen atoms in total. The molecule has 0 fully saturated rings. The van der Waals surface area contributed by atoms with E-state index in [0.29, 0.717) is 28.2 Å². The van der Waals surface area contributed by atoms with Gasteiger partial charge in [0.15, 0.2) is 5.78 Å². The number of amides is 2. The number of carbonyl (C=O) groups excluding carboxylic acids is 3. The molecule has 0 unspecified atom stereocenters. The monoisotopic (exact) mass is 388 g/mol. The molecule has 0 radical (unpaired) electrons. The molecule has 3 aromatic rings. The summed E-state index contributed by atoms with van der Waals surface area (Å²) in [7, 11) is 0. The Bertz CT molecular complexity index is 1060. The van der Waals surface area contributed by atoms with Gasteiger partial charge in [0.2, 0.25) is 5.91 Å². The lowest BCUT2D eigenvalue weighted by Gasteiger charge is -2.10. The minimum absolute atomic E-state index is 0.0339. The van der Waals surface area contributed by atoms with Crippen molar-refractivity contribution >= 4 is 40.3 Å². The molecule has 3 N–H and O–H groups in total. The van der Waals surface area contributed by atoms with E-state index >= 15 is 0 Å². The molecular weight excluding hydrogens is 368 g/mol. The van der Waals surface area contributed by atoms with E-state index in [9.17, 15) is 14.4 Å². The summed E-state index contributed by atoms with van der Waals surface area (Å²) in [6, 6.07) is 15.6. The van der Waals surface area contributed by atoms with Crippen LogP contribution in [0.4, 0.5) is 22.7 Å². The van der Waals surface area contributed by atoms with E-state index in [1.54, 1.807) is 48.7 Å². The van der Waals surface area contributed by atoms with Crippen LogP contribution in [0.2, 0.25) is 0 Å². The smallest absolute Gasteiger partial charge is 0.257 e. The fourth-order valence-corrected chi connectivity index (χ4v) is 2.67. The van der Waals surface area contributed by atoms with E-state index in [0.717, 1.165) is 5.69 Å². The van der Waals surface area contributed by atoms with Crippen LogP contribution in [-0.4, -0.2) is 22.6 Å². The van der Waals surface area contributed by atoms with Gasteiger partial charge in [-0.3, -0.25) is 19.4 Å². The van der Waals surface area contributed by atoms with Gasteiger partial charge in [-0.25, -0.2) is 0 Å². The maximum Gasteiger partial charge on any atom is 0.257 e. The standard InChI is InChI=1S/C22H20N4O3/c1-14(27)16-6-8-18(9-7-16)26-22(29)17-10-21(13-23-12-17)25-20-5-3-4-19(11-20)24-15(2)28/h3-13,25H,1-2H3,(H,24,28)(H,26,29). The van der Waals surface area contributed by atoms with Crippen molar-refractivity contribution in [3.8, 4) is 0 Å². The average Bonchev–Trinajstić information content (AvgIpc) is 2.68. The Labute approximate surface area is 168 Å². The Kier molecular flexibility index (Phi) is 5.99. The Morgan fingerprint density at radius 3 is 2.14 bits per heavy atom. The lowest BCUT2D eigenvalue weighted by atomic mass is 10.1. The van der Waals surface area contributed by atoms with Gasteiger partial charge in [-0.1, -0.05) is 6.07 Å². The second-order valence-electron chi connectivity index (χ2n) is 6.44. The summed E-state index contributed by atoms with van der Waals surface area (Å²) in [5.41, 5.74) is 3.58. The number of hydrogen-bond acceptors (Lipinski definition) is 5. The molecule has 1 heterocycles. The first-order chi connectivity index (χ1) is 13.9. The molecule has 0 aliphatic carbocycles. The minimum Gasteiger partial charge on any atom is -0.354 e.